The Balaban J connectivity index is 1.36. The van der Waals surface area contributed by atoms with E-state index in [0.29, 0.717) is 28.8 Å². The molecule has 166 valence electrons. The fourth-order valence-electron chi connectivity index (χ4n) is 3.54. The van der Waals surface area contributed by atoms with E-state index < -0.39 is 5.25 Å². The van der Waals surface area contributed by atoms with Crippen LogP contribution in [0.4, 0.5) is 5.69 Å². The summed E-state index contributed by atoms with van der Waals surface area (Å²) in [4.78, 5) is 12.9. The number of carbonyl (C=O) groups excluding carboxylic acids is 1. The van der Waals surface area contributed by atoms with Crippen molar-refractivity contribution in [1.29, 1.82) is 0 Å². The lowest BCUT2D eigenvalue weighted by Crippen LogP contribution is -2.23. The third-order valence-corrected chi connectivity index (χ3v) is 6.25. The highest BCUT2D eigenvalue weighted by molar-refractivity contribution is 8.00. The number of nitrogens with zero attached hydrogens (tertiary/aromatic N) is 3. The van der Waals surface area contributed by atoms with Crippen LogP contribution in [-0.2, 0) is 11.2 Å². The highest BCUT2D eigenvalue weighted by Crippen LogP contribution is 2.34. The topological polar surface area (TPSA) is 78.3 Å². The van der Waals surface area contributed by atoms with Gasteiger partial charge >= 0.3 is 0 Å². The van der Waals surface area contributed by atoms with Crippen LogP contribution in [0.5, 0.6) is 11.5 Å². The molecule has 0 fully saturated rings. The molecule has 0 saturated heterocycles. The van der Waals surface area contributed by atoms with Gasteiger partial charge in [0, 0.05) is 23.9 Å². The number of rotatable bonds is 7. The molecule has 1 unspecified atom stereocenters. The van der Waals surface area contributed by atoms with Crippen LogP contribution in [0.1, 0.15) is 18.3 Å². The average Bonchev–Trinajstić information content (AvgIpc) is 3.47. The summed E-state index contributed by atoms with van der Waals surface area (Å²) in [5.41, 5.74) is 2.76. The third kappa shape index (κ3) is 4.70. The minimum Gasteiger partial charge on any atom is -0.454 e. The number of nitrogens with one attached hydrogen (secondary N) is 1. The van der Waals surface area contributed by atoms with Gasteiger partial charge in [0.05, 0.1) is 5.25 Å². The zero-order valence-corrected chi connectivity index (χ0v) is 18.8. The Hall–Kier alpha value is -3.78. The Morgan fingerprint density at radius 1 is 1.00 bits per heavy atom. The SMILES string of the molecule is CC(Sc1nnc(Cc2ccccc2)n1-c1ccccc1)C(=O)Nc1ccc2c(c1)OCO2. The van der Waals surface area contributed by atoms with Crippen molar-refractivity contribution < 1.29 is 14.3 Å². The highest BCUT2D eigenvalue weighted by Gasteiger charge is 2.22. The number of ether oxygens (including phenoxy) is 2. The van der Waals surface area contributed by atoms with Gasteiger partial charge in [-0.3, -0.25) is 9.36 Å². The first kappa shape index (κ1) is 21.1. The lowest BCUT2D eigenvalue weighted by molar-refractivity contribution is -0.115. The molecule has 0 radical (unpaired) electrons. The van der Waals surface area contributed by atoms with E-state index in [2.05, 4.69) is 27.6 Å². The molecule has 1 aliphatic heterocycles. The quantitative estimate of drug-likeness (QED) is 0.404. The third-order valence-electron chi connectivity index (χ3n) is 5.21. The second kappa shape index (κ2) is 9.38. The maximum absolute atomic E-state index is 12.9. The minimum atomic E-state index is -0.397. The van der Waals surface area contributed by atoms with Crippen molar-refractivity contribution in [3.8, 4) is 17.2 Å². The van der Waals surface area contributed by atoms with Gasteiger partial charge in [0.25, 0.3) is 0 Å². The molecule has 1 aliphatic rings. The zero-order valence-electron chi connectivity index (χ0n) is 18.0. The zero-order chi connectivity index (χ0) is 22.6. The molecular formula is C25H22N4O3S. The van der Waals surface area contributed by atoms with Gasteiger partial charge in [0.2, 0.25) is 12.7 Å². The second-order valence-corrected chi connectivity index (χ2v) is 8.86. The van der Waals surface area contributed by atoms with Gasteiger partial charge in [0.1, 0.15) is 5.82 Å². The smallest absolute Gasteiger partial charge is 0.237 e. The molecule has 4 aromatic rings. The molecule has 1 N–H and O–H groups in total. The van der Waals surface area contributed by atoms with E-state index in [9.17, 15) is 4.79 Å². The Bertz CT molecular complexity index is 1260. The Morgan fingerprint density at radius 2 is 1.73 bits per heavy atom. The van der Waals surface area contributed by atoms with Gasteiger partial charge < -0.3 is 14.8 Å². The number of thioether (sulfide) groups is 1. The van der Waals surface area contributed by atoms with Crippen LogP contribution < -0.4 is 14.8 Å². The molecule has 0 bridgehead atoms. The van der Waals surface area contributed by atoms with Crippen molar-refractivity contribution in [2.24, 2.45) is 0 Å². The normalized spacial score (nSPS) is 13.0. The molecule has 33 heavy (non-hydrogen) atoms. The largest absolute Gasteiger partial charge is 0.454 e. The first-order valence-electron chi connectivity index (χ1n) is 10.6. The summed E-state index contributed by atoms with van der Waals surface area (Å²) in [6.07, 6.45) is 0.640. The maximum Gasteiger partial charge on any atom is 0.237 e. The summed E-state index contributed by atoms with van der Waals surface area (Å²) in [5, 5.41) is 12.1. The average molecular weight is 459 g/mol. The fraction of sp³-hybridized carbons (Fsp3) is 0.160. The van der Waals surface area contributed by atoms with Gasteiger partial charge in [0.15, 0.2) is 16.7 Å². The first-order valence-corrected chi connectivity index (χ1v) is 11.5. The number of hydrogen-bond donors (Lipinski definition) is 1. The van der Waals surface area contributed by atoms with Crippen LogP contribution in [0.2, 0.25) is 0 Å². The van der Waals surface area contributed by atoms with Crippen molar-refractivity contribution in [2.75, 3.05) is 12.1 Å². The standard InChI is InChI=1S/C25H22N4O3S/c1-17(24(30)26-19-12-13-21-22(15-19)32-16-31-21)33-25-28-27-23(14-18-8-4-2-5-9-18)29(25)20-10-6-3-7-11-20/h2-13,15,17H,14,16H2,1H3,(H,26,30). The number of anilines is 1. The maximum atomic E-state index is 12.9. The number of hydrogen-bond acceptors (Lipinski definition) is 6. The number of amides is 1. The minimum absolute atomic E-state index is 0.133. The Kier molecular flexibility index (Phi) is 5.99. The molecule has 0 saturated carbocycles. The summed E-state index contributed by atoms with van der Waals surface area (Å²) in [5.74, 6) is 1.99. The monoisotopic (exact) mass is 458 g/mol. The van der Waals surface area contributed by atoms with E-state index in [1.54, 1.807) is 18.2 Å². The fourth-order valence-corrected chi connectivity index (χ4v) is 4.42. The van der Waals surface area contributed by atoms with Crippen molar-refractivity contribution in [3.05, 3.63) is 90.3 Å². The van der Waals surface area contributed by atoms with E-state index in [4.69, 9.17) is 9.47 Å². The van der Waals surface area contributed by atoms with Crippen molar-refractivity contribution in [3.63, 3.8) is 0 Å². The van der Waals surface area contributed by atoms with Crippen LogP contribution in [0.25, 0.3) is 5.69 Å². The van der Waals surface area contributed by atoms with Crippen molar-refractivity contribution >= 4 is 23.4 Å². The molecule has 3 aromatic carbocycles. The summed E-state index contributed by atoms with van der Waals surface area (Å²) >= 11 is 1.37. The van der Waals surface area contributed by atoms with E-state index in [-0.39, 0.29) is 12.7 Å². The molecule has 2 heterocycles. The highest BCUT2D eigenvalue weighted by atomic mass is 32.2. The molecule has 5 rings (SSSR count). The van der Waals surface area contributed by atoms with E-state index in [1.165, 1.54) is 11.8 Å². The van der Waals surface area contributed by atoms with Gasteiger partial charge in [-0.05, 0) is 36.8 Å². The first-order chi connectivity index (χ1) is 16.2. The summed E-state index contributed by atoms with van der Waals surface area (Å²) < 4.78 is 12.7. The predicted octanol–water partition coefficient (Wildman–Crippen LogP) is 4.71. The molecule has 7 nitrogen and oxygen atoms in total. The second-order valence-electron chi connectivity index (χ2n) is 7.55. The summed E-state index contributed by atoms with van der Waals surface area (Å²) in [6.45, 7) is 2.05. The summed E-state index contributed by atoms with van der Waals surface area (Å²) in [6, 6.07) is 25.5. The number of fused-ring (bicyclic) bond motifs is 1. The van der Waals surface area contributed by atoms with Crippen LogP contribution in [0.15, 0.2) is 84.0 Å². The number of benzene rings is 3. The van der Waals surface area contributed by atoms with Crippen LogP contribution in [0, 0.1) is 0 Å². The van der Waals surface area contributed by atoms with Crippen LogP contribution in [-0.4, -0.2) is 32.7 Å². The van der Waals surface area contributed by atoms with E-state index in [0.717, 1.165) is 17.1 Å². The van der Waals surface area contributed by atoms with Crippen LogP contribution >= 0.6 is 11.8 Å². The molecule has 1 aromatic heterocycles. The van der Waals surface area contributed by atoms with Gasteiger partial charge in [-0.1, -0.05) is 60.3 Å². The number of para-hydroxylation sites is 1. The molecular weight excluding hydrogens is 436 g/mol. The lowest BCUT2D eigenvalue weighted by Gasteiger charge is -2.14. The van der Waals surface area contributed by atoms with Crippen LogP contribution in [0.3, 0.4) is 0 Å². The molecule has 0 aliphatic carbocycles. The Labute approximate surface area is 195 Å². The molecule has 0 spiro atoms. The van der Waals surface area contributed by atoms with Gasteiger partial charge in [-0.25, -0.2) is 0 Å². The molecule has 8 heteroatoms. The van der Waals surface area contributed by atoms with E-state index >= 15 is 0 Å². The molecule has 1 amide bonds. The summed E-state index contributed by atoms with van der Waals surface area (Å²) in [7, 11) is 0. The number of carbonyl (C=O) groups is 1. The van der Waals surface area contributed by atoms with Crippen molar-refractivity contribution in [2.45, 2.75) is 23.8 Å². The van der Waals surface area contributed by atoms with E-state index in [1.807, 2.05) is 60.0 Å². The molecule has 1 atom stereocenters. The predicted molar refractivity (Wildman–Crippen MR) is 127 cm³/mol. The van der Waals surface area contributed by atoms with Gasteiger partial charge in [-0.2, -0.15) is 0 Å². The Morgan fingerprint density at radius 3 is 2.52 bits per heavy atom. The lowest BCUT2D eigenvalue weighted by atomic mass is 10.1. The van der Waals surface area contributed by atoms with Crippen molar-refractivity contribution in [1.82, 2.24) is 14.8 Å². The van der Waals surface area contributed by atoms with Gasteiger partial charge in [-0.15, -0.1) is 10.2 Å². The number of aromatic nitrogens is 3.